The van der Waals surface area contributed by atoms with Gasteiger partial charge in [-0.25, -0.2) is 0 Å². The maximum absolute atomic E-state index is 12.8. The Labute approximate surface area is 139 Å². The minimum Gasteiger partial charge on any atom is -0.397 e. The summed E-state index contributed by atoms with van der Waals surface area (Å²) in [5, 5.41) is 0. The lowest BCUT2D eigenvalue weighted by Crippen LogP contribution is -2.31. The Hall–Kier alpha value is -2.21. The first-order valence-corrected chi connectivity index (χ1v) is 7.80. The normalized spacial score (nSPS) is 15.3. The average molecular weight is 335 g/mol. The number of nitrogens with two attached hydrogens (primary N) is 2. The Morgan fingerprint density at radius 3 is 2.58 bits per heavy atom. The van der Waals surface area contributed by atoms with Crippen molar-refractivity contribution in [2.45, 2.75) is 32.6 Å². The molecule has 1 aliphatic rings. The molecular formula is C18H20F3N3. The van der Waals surface area contributed by atoms with Crippen LogP contribution < -0.4 is 11.5 Å². The van der Waals surface area contributed by atoms with Gasteiger partial charge in [-0.05, 0) is 47.7 Å². The van der Waals surface area contributed by atoms with Gasteiger partial charge in [0.25, 0.3) is 0 Å². The molecule has 0 amide bonds. The minimum atomic E-state index is -4.31. The Balaban J connectivity index is 1.81. The van der Waals surface area contributed by atoms with Crippen LogP contribution in [-0.2, 0) is 25.7 Å². The quantitative estimate of drug-likeness (QED) is 0.822. The van der Waals surface area contributed by atoms with E-state index in [-0.39, 0.29) is 0 Å². The van der Waals surface area contributed by atoms with E-state index in [1.54, 1.807) is 6.07 Å². The molecule has 2 aromatic rings. The summed E-state index contributed by atoms with van der Waals surface area (Å²) in [5.41, 5.74) is 16.6. The van der Waals surface area contributed by atoms with Gasteiger partial charge in [-0.3, -0.25) is 4.90 Å². The lowest BCUT2D eigenvalue weighted by molar-refractivity contribution is -0.137. The van der Waals surface area contributed by atoms with Gasteiger partial charge >= 0.3 is 6.18 Å². The highest BCUT2D eigenvalue weighted by Gasteiger charge is 2.30. The molecule has 0 spiro atoms. The molecule has 0 unspecified atom stereocenters. The smallest absolute Gasteiger partial charge is 0.397 e. The molecule has 2 aromatic carbocycles. The molecule has 3 nitrogen and oxygen atoms in total. The number of fused-ring (bicyclic) bond motifs is 1. The van der Waals surface area contributed by atoms with Gasteiger partial charge in [0, 0.05) is 19.6 Å². The molecule has 0 radical (unpaired) electrons. The third-order valence-electron chi connectivity index (χ3n) is 4.57. The van der Waals surface area contributed by atoms with Crippen LogP contribution in [0.5, 0.6) is 0 Å². The van der Waals surface area contributed by atoms with E-state index in [9.17, 15) is 13.2 Å². The van der Waals surface area contributed by atoms with Crippen molar-refractivity contribution in [1.82, 2.24) is 4.90 Å². The fourth-order valence-corrected chi connectivity index (χ4v) is 3.29. The zero-order valence-electron chi connectivity index (χ0n) is 13.5. The molecule has 128 valence electrons. The lowest BCUT2D eigenvalue weighted by Gasteiger charge is -2.31. The molecule has 24 heavy (non-hydrogen) atoms. The lowest BCUT2D eigenvalue weighted by atomic mass is 9.92. The van der Waals surface area contributed by atoms with Crippen LogP contribution in [-0.4, -0.2) is 11.4 Å². The molecule has 1 heterocycles. The molecular weight excluding hydrogens is 315 g/mol. The van der Waals surface area contributed by atoms with Crippen molar-refractivity contribution in [3.05, 3.63) is 58.1 Å². The summed E-state index contributed by atoms with van der Waals surface area (Å²) in [7, 11) is 0. The molecule has 0 aliphatic carbocycles. The number of anilines is 2. The number of benzene rings is 2. The summed E-state index contributed by atoms with van der Waals surface area (Å²) in [6.45, 7) is 3.88. The number of hydrogen-bond donors (Lipinski definition) is 2. The van der Waals surface area contributed by atoms with Crippen LogP contribution in [0.25, 0.3) is 0 Å². The fourth-order valence-electron chi connectivity index (χ4n) is 3.29. The minimum absolute atomic E-state index is 0.479. The molecule has 0 atom stereocenters. The Bertz CT molecular complexity index is 769. The largest absolute Gasteiger partial charge is 0.416 e. The summed E-state index contributed by atoms with van der Waals surface area (Å²) >= 11 is 0. The molecule has 0 saturated heterocycles. The van der Waals surface area contributed by atoms with Gasteiger partial charge in [-0.2, -0.15) is 13.2 Å². The Morgan fingerprint density at radius 1 is 1.12 bits per heavy atom. The summed E-state index contributed by atoms with van der Waals surface area (Å²) in [5.74, 6) is 0. The number of aryl methyl sites for hydroxylation is 1. The van der Waals surface area contributed by atoms with Crippen molar-refractivity contribution in [1.29, 1.82) is 0 Å². The van der Waals surface area contributed by atoms with Gasteiger partial charge in [0.05, 0.1) is 16.9 Å². The number of hydrogen-bond acceptors (Lipinski definition) is 3. The van der Waals surface area contributed by atoms with Crippen molar-refractivity contribution in [3.63, 3.8) is 0 Å². The van der Waals surface area contributed by atoms with Crippen LogP contribution >= 0.6 is 0 Å². The number of nitrogens with zero attached hydrogens (tertiary/aromatic N) is 1. The van der Waals surface area contributed by atoms with Crippen molar-refractivity contribution >= 4 is 11.4 Å². The Kier molecular flexibility index (Phi) is 4.17. The monoisotopic (exact) mass is 335 g/mol. The maximum atomic E-state index is 12.8. The standard InChI is InChI=1S/C18H20F3N3/c1-11-7-16(22)17(23)14-5-6-24(10-15(11)14)9-12-3-2-4-13(8-12)18(19,20)21/h2-4,7-8H,5-6,9-10,22-23H2,1H3. The van der Waals surface area contributed by atoms with Crippen LogP contribution in [0, 0.1) is 6.92 Å². The van der Waals surface area contributed by atoms with Crippen LogP contribution in [0.2, 0.25) is 0 Å². The zero-order chi connectivity index (χ0) is 17.5. The van der Waals surface area contributed by atoms with Crippen molar-refractivity contribution in [3.8, 4) is 0 Å². The molecule has 0 aromatic heterocycles. The van der Waals surface area contributed by atoms with Gasteiger partial charge in [0.2, 0.25) is 0 Å². The van der Waals surface area contributed by atoms with Crippen molar-refractivity contribution in [2.24, 2.45) is 0 Å². The SMILES string of the molecule is Cc1cc(N)c(N)c2c1CN(Cc1cccc(C(F)(F)F)c1)CC2. The fraction of sp³-hybridized carbons (Fsp3) is 0.333. The Morgan fingerprint density at radius 2 is 1.88 bits per heavy atom. The predicted molar refractivity (Wildman–Crippen MR) is 89.3 cm³/mol. The summed E-state index contributed by atoms with van der Waals surface area (Å²) in [4.78, 5) is 2.14. The second kappa shape index (κ2) is 6.02. The summed E-state index contributed by atoms with van der Waals surface area (Å²) < 4.78 is 38.5. The highest BCUT2D eigenvalue weighted by molar-refractivity contribution is 5.71. The van der Waals surface area contributed by atoms with E-state index < -0.39 is 11.7 Å². The van der Waals surface area contributed by atoms with Gasteiger partial charge in [0.15, 0.2) is 0 Å². The third kappa shape index (κ3) is 3.19. The number of halogens is 3. The highest BCUT2D eigenvalue weighted by Crippen LogP contribution is 2.33. The van der Waals surface area contributed by atoms with Gasteiger partial charge in [-0.1, -0.05) is 18.2 Å². The van der Waals surface area contributed by atoms with E-state index in [2.05, 4.69) is 4.90 Å². The number of alkyl halides is 3. The molecule has 0 bridgehead atoms. The zero-order valence-corrected chi connectivity index (χ0v) is 13.5. The van der Waals surface area contributed by atoms with E-state index >= 15 is 0 Å². The van der Waals surface area contributed by atoms with E-state index in [1.807, 2.05) is 13.0 Å². The van der Waals surface area contributed by atoms with Gasteiger partial charge in [0.1, 0.15) is 0 Å². The van der Waals surface area contributed by atoms with Gasteiger partial charge in [-0.15, -0.1) is 0 Å². The highest BCUT2D eigenvalue weighted by atomic mass is 19.4. The molecule has 1 aliphatic heterocycles. The van der Waals surface area contributed by atoms with Crippen LogP contribution in [0.1, 0.15) is 27.8 Å². The third-order valence-corrected chi connectivity index (χ3v) is 4.57. The van der Waals surface area contributed by atoms with E-state index in [0.717, 1.165) is 35.7 Å². The molecule has 3 rings (SSSR count). The molecule has 6 heteroatoms. The van der Waals surface area contributed by atoms with Crippen LogP contribution in [0.4, 0.5) is 24.5 Å². The molecule has 0 saturated carbocycles. The van der Waals surface area contributed by atoms with Crippen molar-refractivity contribution < 1.29 is 13.2 Å². The van der Waals surface area contributed by atoms with Crippen LogP contribution in [0.15, 0.2) is 30.3 Å². The number of nitrogen functional groups attached to an aromatic ring is 2. The summed E-state index contributed by atoms with van der Waals surface area (Å²) in [6, 6.07) is 7.37. The van der Waals surface area contributed by atoms with E-state index in [1.165, 1.54) is 12.1 Å². The van der Waals surface area contributed by atoms with E-state index in [4.69, 9.17) is 11.5 Å². The molecule has 4 N–H and O–H groups in total. The van der Waals surface area contributed by atoms with Crippen molar-refractivity contribution in [2.75, 3.05) is 18.0 Å². The second-order valence-corrected chi connectivity index (χ2v) is 6.31. The number of rotatable bonds is 2. The summed E-state index contributed by atoms with van der Waals surface area (Å²) in [6.07, 6.45) is -3.56. The maximum Gasteiger partial charge on any atom is 0.416 e. The van der Waals surface area contributed by atoms with Gasteiger partial charge < -0.3 is 11.5 Å². The first-order valence-electron chi connectivity index (χ1n) is 7.80. The van der Waals surface area contributed by atoms with E-state index in [0.29, 0.717) is 30.0 Å². The topological polar surface area (TPSA) is 55.3 Å². The molecule has 0 fully saturated rings. The average Bonchev–Trinajstić information content (AvgIpc) is 2.52. The van der Waals surface area contributed by atoms with Crippen LogP contribution in [0.3, 0.4) is 0 Å². The first kappa shape index (κ1) is 16.6. The first-order chi connectivity index (χ1) is 11.3. The second-order valence-electron chi connectivity index (χ2n) is 6.31. The predicted octanol–water partition coefficient (Wildman–Crippen LogP) is 3.74.